The van der Waals surface area contributed by atoms with Gasteiger partial charge in [0.05, 0.1) is 0 Å². The van der Waals surface area contributed by atoms with E-state index >= 15 is 0 Å². The average Bonchev–Trinajstić information content (AvgIpc) is 2.40. The number of anilines is 1. The Morgan fingerprint density at radius 1 is 1.06 bits per heavy atom. The van der Waals surface area contributed by atoms with Gasteiger partial charge >= 0.3 is 0 Å². The molecule has 1 saturated heterocycles. The summed E-state index contributed by atoms with van der Waals surface area (Å²) in [5.74, 6) is 0.691. The molecule has 1 aliphatic heterocycles. The van der Waals surface area contributed by atoms with Crippen molar-refractivity contribution in [1.82, 2.24) is 4.90 Å². The third-order valence-corrected chi connectivity index (χ3v) is 4.05. The smallest absolute Gasteiger partial charge is 0.0367 e. The molecule has 2 heteroatoms. The fourth-order valence-electron chi connectivity index (χ4n) is 2.68. The maximum absolute atomic E-state index is 2.49. The predicted octanol–water partition coefficient (Wildman–Crippen LogP) is 3.34. The molecular weight excluding hydrogens is 220 g/mol. The first-order chi connectivity index (χ1) is 8.70. The zero-order valence-electron chi connectivity index (χ0n) is 12.0. The standard InChI is InChI=1S/C16H26N2/c1-4-5-14(2)15-6-8-16(9-7-15)18-12-10-17(3)11-13-18/h6-9,14H,4-5,10-13H2,1-3H3. The van der Waals surface area contributed by atoms with Crippen molar-refractivity contribution in [1.29, 1.82) is 0 Å². The minimum Gasteiger partial charge on any atom is -0.369 e. The molecule has 0 aliphatic carbocycles. The van der Waals surface area contributed by atoms with E-state index in [2.05, 4.69) is 55.0 Å². The summed E-state index contributed by atoms with van der Waals surface area (Å²) >= 11 is 0. The summed E-state index contributed by atoms with van der Waals surface area (Å²) in [7, 11) is 2.20. The molecule has 0 bridgehead atoms. The number of nitrogens with zero attached hydrogens (tertiary/aromatic N) is 2. The molecule has 1 heterocycles. The highest BCUT2D eigenvalue weighted by Crippen LogP contribution is 2.24. The SMILES string of the molecule is CCCC(C)c1ccc(N2CCN(C)CC2)cc1. The molecular formula is C16H26N2. The van der Waals surface area contributed by atoms with E-state index in [1.807, 2.05) is 0 Å². The Hall–Kier alpha value is -1.02. The van der Waals surface area contributed by atoms with Gasteiger partial charge in [0.1, 0.15) is 0 Å². The second kappa shape index (κ2) is 6.24. The van der Waals surface area contributed by atoms with Crippen molar-refractivity contribution in [3.8, 4) is 0 Å². The summed E-state index contributed by atoms with van der Waals surface area (Å²) < 4.78 is 0. The molecule has 2 nitrogen and oxygen atoms in total. The lowest BCUT2D eigenvalue weighted by molar-refractivity contribution is 0.313. The molecule has 1 aliphatic rings. The summed E-state index contributed by atoms with van der Waals surface area (Å²) in [5.41, 5.74) is 2.87. The van der Waals surface area contributed by atoms with Crippen molar-refractivity contribution < 1.29 is 0 Å². The summed E-state index contributed by atoms with van der Waals surface area (Å²) in [6.07, 6.45) is 2.55. The van der Waals surface area contributed by atoms with E-state index in [4.69, 9.17) is 0 Å². The van der Waals surface area contributed by atoms with Crippen LogP contribution in [0.25, 0.3) is 0 Å². The van der Waals surface area contributed by atoms with E-state index in [-0.39, 0.29) is 0 Å². The van der Waals surface area contributed by atoms with Crippen LogP contribution in [0, 0.1) is 0 Å². The van der Waals surface area contributed by atoms with Gasteiger partial charge in [-0.25, -0.2) is 0 Å². The number of rotatable bonds is 4. The monoisotopic (exact) mass is 246 g/mol. The second-order valence-electron chi connectivity index (χ2n) is 5.57. The summed E-state index contributed by atoms with van der Waals surface area (Å²) in [5, 5.41) is 0. The van der Waals surface area contributed by atoms with E-state index in [1.54, 1.807) is 0 Å². The van der Waals surface area contributed by atoms with Gasteiger partial charge in [0.25, 0.3) is 0 Å². The third-order valence-electron chi connectivity index (χ3n) is 4.05. The highest BCUT2D eigenvalue weighted by molar-refractivity contribution is 5.48. The van der Waals surface area contributed by atoms with Crippen LogP contribution in [0.5, 0.6) is 0 Å². The van der Waals surface area contributed by atoms with Crippen LogP contribution in [0.2, 0.25) is 0 Å². The highest BCUT2D eigenvalue weighted by atomic mass is 15.2. The van der Waals surface area contributed by atoms with Crippen LogP contribution in [0.1, 0.15) is 38.2 Å². The lowest BCUT2D eigenvalue weighted by Gasteiger charge is -2.34. The highest BCUT2D eigenvalue weighted by Gasteiger charge is 2.14. The molecule has 0 spiro atoms. The van der Waals surface area contributed by atoms with Crippen LogP contribution >= 0.6 is 0 Å². The normalized spacial score (nSPS) is 18.9. The Balaban J connectivity index is 1.99. The minimum atomic E-state index is 0.691. The maximum Gasteiger partial charge on any atom is 0.0367 e. The minimum absolute atomic E-state index is 0.691. The maximum atomic E-state index is 2.49. The number of piperazine rings is 1. The second-order valence-corrected chi connectivity index (χ2v) is 5.57. The van der Waals surface area contributed by atoms with Gasteiger partial charge in [-0.2, -0.15) is 0 Å². The first-order valence-corrected chi connectivity index (χ1v) is 7.24. The van der Waals surface area contributed by atoms with Crippen molar-refractivity contribution in [2.45, 2.75) is 32.6 Å². The van der Waals surface area contributed by atoms with Crippen molar-refractivity contribution in [2.24, 2.45) is 0 Å². The van der Waals surface area contributed by atoms with E-state index < -0.39 is 0 Å². The molecule has 2 rings (SSSR count). The zero-order chi connectivity index (χ0) is 13.0. The lowest BCUT2D eigenvalue weighted by atomic mass is 9.96. The largest absolute Gasteiger partial charge is 0.369 e. The molecule has 100 valence electrons. The predicted molar refractivity (Wildman–Crippen MR) is 79.5 cm³/mol. The van der Waals surface area contributed by atoms with E-state index in [0.29, 0.717) is 5.92 Å². The van der Waals surface area contributed by atoms with Gasteiger partial charge in [0.2, 0.25) is 0 Å². The number of hydrogen-bond donors (Lipinski definition) is 0. The molecule has 0 radical (unpaired) electrons. The fourth-order valence-corrected chi connectivity index (χ4v) is 2.68. The lowest BCUT2D eigenvalue weighted by Crippen LogP contribution is -2.44. The summed E-state index contributed by atoms with van der Waals surface area (Å²) in [6, 6.07) is 9.22. The molecule has 0 amide bonds. The Morgan fingerprint density at radius 3 is 2.22 bits per heavy atom. The Labute approximate surface area is 112 Å². The molecule has 1 fully saturated rings. The van der Waals surface area contributed by atoms with Crippen molar-refractivity contribution >= 4 is 5.69 Å². The van der Waals surface area contributed by atoms with E-state index in [1.165, 1.54) is 37.2 Å². The van der Waals surface area contributed by atoms with Crippen molar-refractivity contribution in [2.75, 3.05) is 38.1 Å². The first-order valence-electron chi connectivity index (χ1n) is 7.24. The van der Waals surface area contributed by atoms with Crippen molar-refractivity contribution in [3.05, 3.63) is 29.8 Å². The Morgan fingerprint density at radius 2 is 1.67 bits per heavy atom. The van der Waals surface area contributed by atoms with Gasteiger partial charge in [-0.15, -0.1) is 0 Å². The molecule has 1 aromatic carbocycles. The quantitative estimate of drug-likeness (QED) is 0.804. The van der Waals surface area contributed by atoms with Crippen LogP contribution in [0.15, 0.2) is 24.3 Å². The van der Waals surface area contributed by atoms with E-state index in [0.717, 1.165) is 13.1 Å². The van der Waals surface area contributed by atoms with Gasteiger partial charge < -0.3 is 9.80 Å². The fraction of sp³-hybridized carbons (Fsp3) is 0.625. The number of benzene rings is 1. The molecule has 0 N–H and O–H groups in total. The molecule has 18 heavy (non-hydrogen) atoms. The van der Waals surface area contributed by atoms with Crippen LogP contribution < -0.4 is 4.90 Å². The summed E-state index contributed by atoms with van der Waals surface area (Å²) in [6.45, 7) is 9.24. The van der Waals surface area contributed by atoms with Gasteiger partial charge in [0.15, 0.2) is 0 Å². The third kappa shape index (κ3) is 3.26. The van der Waals surface area contributed by atoms with Crippen LogP contribution in [0.4, 0.5) is 5.69 Å². The number of likely N-dealkylation sites (N-methyl/N-ethyl adjacent to an activating group) is 1. The topological polar surface area (TPSA) is 6.48 Å². The zero-order valence-corrected chi connectivity index (χ0v) is 12.0. The molecule has 1 unspecified atom stereocenters. The van der Waals surface area contributed by atoms with Gasteiger partial charge in [0, 0.05) is 31.9 Å². The van der Waals surface area contributed by atoms with Crippen LogP contribution in [-0.2, 0) is 0 Å². The van der Waals surface area contributed by atoms with Crippen LogP contribution in [-0.4, -0.2) is 38.1 Å². The molecule has 0 aromatic heterocycles. The Kier molecular flexibility index (Phi) is 4.65. The van der Waals surface area contributed by atoms with Gasteiger partial charge in [-0.05, 0) is 37.1 Å². The molecule has 1 atom stereocenters. The summed E-state index contributed by atoms with van der Waals surface area (Å²) in [4.78, 5) is 4.89. The molecule has 1 aromatic rings. The Bertz CT molecular complexity index is 350. The molecule has 0 saturated carbocycles. The van der Waals surface area contributed by atoms with Gasteiger partial charge in [-0.3, -0.25) is 0 Å². The van der Waals surface area contributed by atoms with Crippen molar-refractivity contribution in [3.63, 3.8) is 0 Å². The van der Waals surface area contributed by atoms with E-state index in [9.17, 15) is 0 Å². The number of hydrogen-bond acceptors (Lipinski definition) is 2. The van der Waals surface area contributed by atoms with Crippen LogP contribution in [0.3, 0.4) is 0 Å². The first kappa shape index (κ1) is 13.4. The van der Waals surface area contributed by atoms with Gasteiger partial charge in [-0.1, -0.05) is 32.4 Å². The average molecular weight is 246 g/mol.